The second-order valence-electron chi connectivity index (χ2n) is 4.95. The first kappa shape index (κ1) is 15.4. The number of hydrogen-bond donors (Lipinski definition) is 1. The Morgan fingerprint density at radius 1 is 1.18 bits per heavy atom. The monoisotopic (exact) mass is 296 g/mol. The summed E-state index contributed by atoms with van der Waals surface area (Å²) in [7, 11) is 0. The van der Waals surface area contributed by atoms with Crippen LogP contribution in [0.25, 0.3) is 6.08 Å². The van der Waals surface area contributed by atoms with Crippen LogP contribution in [0.1, 0.15) is 18.1 Å². The van der Waals surface area contributed by atoms with Crippen molar-refractivity contribution in [3.63, 3.8) is 0 Å². The van der Waals surface area contributed by atoms with Crippen molar-refractivity contribution in [3.05, 3.63) is 75.3 Å². The van der Waals surface area contributed by atoms with E-state index in [0.29, 0.717) is 16.8 Å². The molecule has 2 rings (SSSR count). The SMILES string of the molecule is C/C(=C\c1ccccc1)C(=O)Nc1ccc([N+](=O)[O-])cc1C. The summed E-state index contributed by atoms with van der Waals surface area (Å²) >= 11 is 0. The maximum absolute atomic E-state index is 12.2. The molecule has 5 nitrogen and oxygen atoms in total. The molecule has 1 amide bonds. The molecule has 22 heavy (non-hydrogen) atoms. The Balaban J connectivity index is 2.15. The van der Waals surface area contributed by atoms with Gasteiger partial charge in [0.05, 0.1) is 4.92 Å². The lowest BCUT2D eigenvalue weighted by atomic mass is 10.1. The number of carbonyl (C=O) groups is 1. The first-order valence-electron chi connectivity index (χ1n) is 6.77. The molecule has 0 radical (unpaired) electrons. The highest BCUT2D eigenvalue weighted by atomic mass is 16.6. The highest BCUT2D eigenvalue weighted by Crippen LogP contribution is 2.21. The van der Waals surface area contributed by atoms with E-state index < -0.39 is 4.92 Å². The lowest BCUT2D eigenvalue weighted by molar-refractivity contribution is -0.384. The van der Waals surface area contributed by atoms with Gasteiger partial charge in [-0.2, -0.15) is 0 Å². The standard InChI is InChI=1S/C17H16N2O3/c1-12-11-15(19(21)22)8-9-16(12)18-17(20)13(2)10-14-6-4-3-5-7-14/h3-11H,1-2H3,(H,18,20)/b13-10+. The van der Waals surface area contributed by atoms with E-state index >= 15 is 0 Å². The quantitative estimate of drug-likeness (QED) is 0.527. The average molecular weight is 296 g/mol. The topological polar surface area (TPSA) is 72.2 Å². The van der Waals surface area contributed by atoms with Crippen LogP contribution in [0.2, 0.25) is 0 Å². The van der Waals surface area contributed by atoms with E-state index in [9.17, 15) is 14.9 Å². The molecule has 0 aromatic heterocycles. The number of aryl methyl sites for hydroxylation is 1. The Bertz CT molecular complexity index is 737. The van der Waals surface area contributed by atoms with Gasteiger partial charge in [-0.3, -0.25) is 14.9 Å². The van der Waals surface area contributed by atoms with E-state index in [2.05, 4.69) is 5.32 Å². The van der Waals surface area contributed by atoms with E-state index in [0.717, 1.165) is 5.56 Å². The van der Waals surface area contributed by atoms with Crippen LogP contribution in [-0.4, -0.2) is 10.8 Å². The van der Waals surface area contributed by atoms with Crippen LogP contribution in [0, 0.1) is 17.0 Å². The van der Waals surface area contributed by atoms with Crippen molar-refractivity contribution in [2.45, 2.75) is 13.8 Å². The zero-order valence-electron chi connectivity index (χ0n) is 12.4. The third-order valence-corrected chi connectivity index (χ3v) is 3.21. The van der Waals surface area contributed by atoms with Crippen LogP contribution in [0.5, 0.6) is 0 Å². The van der Waals surface area contributed by atoms with Crippen molar-refractivity contribution in [1.29, 1.82) is 0 Å². The molecule has 112 valence electrons. The number of nitro groups is 1. The summed E-state index contributed by atoms with van der Waals surface area (Å²) in [6.45, 7) is 3.45. The minimum absolute atomic E-state index is 0.00653. The predicted molar refractivity (Wildman–Crippen MR) is 86.6 cm³/mol. The van der Waals surface area contributed by atoms with E-state index in [1.807, 2.05) is 30.3 Å². The second-order valence-corrected chi connectivity index (χ2v) is 4.95. The van der Waals surface area contributed by atoms with Crippen molar-refractivity contribution in [2.24, 2.45) is 0 Å². The molecule has 0 spiro atoms. The smallest absolute Gasteiger partial charge is 0.269 e. The number of amides is 1. The molecule has 0 unspecified atom stereocenters. The molecular weight excluding hydrogens is 280 g/mol. The summed E-state index contributed by atoms with van der Waals surface area (Å²) in [5.41, 5.74) is 2.72. The van der Waals surface area contributed by atoms with Gasteiger partial charge in [-0.1, -0.05) is 30.3 Å². The first-order valence-corrected chi connectivity index (χ1v) is 6.77. The Morgan fingerprint density at radius 3 is 2.45 bits per heavy atom. The third-order valence-electron chi connectivity index (χ3n) is 3.21. The summed E-state index contributed by atoms with van der Waals surface area (Å²) in [4.78, 5) is 22.4. The van der Waals surface area contributed by atoms with E-state index in [1.54, 1.807) is 26.0 Å². The summed E-state index contributed by atoms with van der Waals surface area (Å²) in [6, 6.07) is 13.9. The Hall–Kier alpha value is -2.95. The number of non-ortho nitro benzene ring substituents is 1. The number of carbonyl (C=O) groups excluding carboxylic acids is 1. The molecule has 0 saturated heterocycles. The van der Waals surface area contributed by atoms with E-state index in [-0.39, 0.29) is 11.6 Å². The minimum Gasteiger partial charge on any atom is -0.322 e. The Morgan fingerprint density at radius 2 is 1.86 bits per heavy atom. The minimum atomic E-state index is -0.459. The summed E-state index contributed by atoms with van der Waals surface area (Å²) in [5.74, 6) is -0.235. The third kappa shape index (κ3) is 3.79. The zero-order valence-corrected chi connectivity index (χ0v) is 12.4. The number of nitro benzene ring substituents is 1. The van der Waals surface area contributed by atoms with Gasteiger partial charge in [-0.25, -0.2) is 0 Å². The Kier molecular flexibility index (Phi) is 4.68. The molecule has 0 heterocycles. The van der Waals surface area contributed by atoms with Gasteiger partial charge >= 0.3 is 0 Å². The lowest BCUT2D eigenvalue weighted by Crippen LogP contribution is -2.13. The molecule has 0 atom stereocenters. The average Bonchev–Trinajstić information content (AvgIpc) is 2.50. The first-order chi connectivity index (χ1) is 10.5. The van der Waals surface area contributed by atoms with Crippen LogP contribution < -0.4 is 5.32 Å². The highest BCUT2D eigenvalue weighted by Gasteiger charge is 2.11. The molecule has 0 aliphatic heterocycles. The number of hydrogen-bond acceptors (Lipinski definition) is 3. The van der Waals surface area contributed by atoms with Crippen LogP contribution >= 0.6 is 0 Å². The summed E-state index contributed by atoms with van der Waals surface area (Å²) in [5, 5.41) is 13.5. The highest BCUT2D eigenvalue weighted by molar-refractivity contribution is 6.06. The van der Waals surface area contributed by atoms with Crippen molar-refractivity contribution in [3.8, 4) is 0 Å². The van der Waals surface area contributed by atoms with Crippen LogP contribution in [0.15, 0.2) is 54.1 Å². The van der Waals surface area contributed by atoms with Gasteiger partial charge in [0.2, 0.25) is 0 Å². The number of anilines is 1. The largest absolute Gasteiger partial charge is 0.322 e. The molecule has 0 fully saturated rings. The van der Waals surface area contributed by atoms with Gasteiger partial charge in [0.1, 0.15) is 0 Å². The summed E-state index contributed by atoms with van der Waals surface area (Å²) < 4.78 is 0. The maximum Gasteiger partial charge on any atom is 0.269 e. The van der Waals surface area contributed by atoms with Gasteiger partial charge in [0.25, 0.3) is 11.6 Å². The molecular formula is C17H16N2O3. The molecule has 0 aliphatic carbocycles. The molecule has 2 aromatic rings. The fourth-order valence-corrected chi connectivity index (χ4v) is 1.99. The van der Waals surface area contributed by atoms with Gasteiger partial charge < -0.3 is 5.32 Å². The second kappa shape index (κ2) is 6.67. The van der Waals surface area contributed by atoms with Crippen LogP contribution in [0.3, 0.4) is 0 Å². The zero-order chi connectivity index (χ0) is 16.1. The molecule has 0 saturated carbocycles. The van der Waals surface area contributed by atoms with Gasteiger partial charge in [0, 0.05) is 23.4 Å². The number of nitrogens with zero attached hydrogens (tertiary/aromatic N) is 1. The molecule has 5 heteroatoms. The van der Waals surface area contributed by atoms with Crippen molar-refractivity contribution in [2.75, 3.05) is 5.32 Å². The van der Waals surface area contributed by atoms with E-state index in [1.165, 1.54) is 12.1 Å². The summed E-state index contributed by atoms with van der Waals surface area (Å²) in [6.07, 6.45) is 1.79. The van der Waals surface area contributed by atoms with Gasteiger partial charge in [0.15, 0.2) is 0 Å². The van der Waals surface area contributed by atoms with Gasteiger partial charge in [-0.15, -0.1) is 0 Å². The normalized spacial score (nSPS) is 11.1. The van der Waals surface area contributed by atoms with Crippen molar-refractivity contribution >= 4 is 23.4 Å². The van der Waals surface area contributed by atoms with Crippen LogP contribution in [-0.2, 0) is 4.79 Å². The number of benzene rings is 2. The maximum atomic E-state index is 12.2. The molecule has 0 aliphatic rings. The Labute approximate surface area is 128 Å². The fraction of sp³-hybridized carbons (Fsp3) is 0.118. The van der Waals surface area contributed by atoms with Crippen molar-refractivity contribution < 1.29 is 9.72 Å². The molecule has 2 aromatic carbocycles. The molecule has 1 N–H and O–H groups in total. The van der Waals surface area contributed by atoms with Crippen LogP contribution in [0.4, 0.5) is 11.4 Å². The lowest BCUT2D eigenvalue weighted by Gasteiger charge is -2.08. The van der Waals surface area contributed by atoms with Gasteiger partial charge in [-0.05, 0) is 37.1 Å². The fourth-order valence-electron chi connectivity index (χ4n) is 1.99. The number of nitrogens with one attached hydrogen (secondary N) is 1. The molecule has 0 bridgehead atoms. The number of rotatable bonds is 4. The van der Waals surface area contributed by atoms with E-state index in [4.69, 9.17) is 0 Å². The predicted octanol–water partition coefficient (Wildman–Crippen LogP) is 3.95. The van der Waals surface area contributed by atoms with Crippen molar-refractivity contribution in [1.82, 2.24) is 0 Å².